The molecule has 1 atom stereocenters. The van der Waals surface area contributed by atoms with Crippen LogP contribution in [-0.4, -0.2) is 43.9 Å². The first kappa shape index (κ1) is 16.3. The molecule has 23 heavy (non-hydrogen) atoms. The molecule has 0 bridgehead atoms. The van der Waals surface area contributed by atoms with E-state index in [4.69, 9.17) is 0 Å². The molecule has 2 amide bonds. The lowest BCUT2D eigenvalue weighted by molar-refractivity contribution is 0.162. The number of nitrogens with zero attached hydrogens (tertiary/aromatic N) is 1. The Morgan fingerprint density at radius 3 is 2.70 bits per heavy atom. The maximum atomic E-state index is 12.6. The van der Waals surface area contributed by atoms with Gasteiger partial charge in [-0.3, -0.25) is 0 Å². The van der Waals surface area contributed by atoms with Crippen molar-refractivity contribution in [2.75, 3.05) is 18.6 Å². The lowest BCUT2D eigenvalue weighted by Crippen LogP contribution is -2.45. The molecule has 1 saturated carbocycles. The average Bonchev–Trinajstić information content (AvgIpc) is 3.31. The summed E-state index contributed by atoms with van der Waals surface area (Å²) in [4.78, 5) is 14.6. The van der Waals surface area contributed by atoms with Crippen LogP contribution >= 0.6 is 0 Å². The van der Waals surface area contributed by atoms with E-state index in [-0.39, 0.29) is 24.4 Å². The molecule has 0 saturated heterocycles. The molecular weight excluding hydrogens is 312 g/mol. The number of hydrogen-bond donors (Lipinski definition) is 1. The van der Waals surface area contributed by atoms with Gasteiger partial charge in [-0.2, -0.15) is 0 Å². The number of aryl methyl sites for hydroxylation is 1. The van der Waals surface area contributed by atoms with Crippen LogP contribution in [0.1, 0.15) is 42.9 Å². The minimum atomic E-state index is -3.06. The van der Waals surface area contributed by atoms with Gasteiger partial charge in [0.15, 0.2) is 0 Å². The van der Waals surface area contributed by atoms with Crippen molar-refractivity contribution in [3.8, 4) is 0 Å². The van der Waals surface area contributed by atoms with Gasteiger partial charge in [0.25, 0.3) is 0 Å². The first-order valence-corrected chi connectivity index (χ1v) is 10.3. The molecule has 0 unspecified atom stereocenters. The highest BCUT2D eigenvalue weighted by Gasteiger charge is 2.39. The maximum Gasteiger partial charge on any atom is 0.318 e. The number of hydrogen-bond acceptors (Lipinski definition) is 3. The van der Waals surface area contributed by atoms with Crippen molar-refractivity contribution < 1.29 is 13.2 Å². The quantitative estimate of drug-likeness (QED) is 0.897. The van der Waals surface area contributed by atoms with Gasteiger partial charge in [-0.1, -0.05) is 24.3 Å². The van der Waals surface area contributed by atoms with Crippen LogP contribution in [0.2, 0.25) is 0 Å². The lowest BCUT2D eigenvalue weighted by atomic mass is 9.87. The zero-order valence-corrected chi connectivity index (χ0v) is 14.3. The van der Waals surface area contributed by atoms with Crippen LogP contribution in [0.4, 0.5) is 4.79 Å². The summed E-state index contributed by atoms with van der Waals surface area (Å²) in [6.45, 7) is 0.176. The third-order valence-corrected chi connectivity index (χ3v) is 5.54. The SMILES string of the molecule is CS(=O)(=O)CCNC(=O)N(C1CC1)[C@@H]1CCCc2ccccc21. The number of carbonyl (C=O) groups excluding carboxylic acids is 1. The summed E-state index contributed by atoms with van der Waals surface area (Å²) in [6, 6.07) is 8.64. The fourth-order valence-electron chi connectivity index (χ4n) is 3.37. The van der Waals surface area contributed by atoms with Crippen LogP contribution in [-0.2, 0) is 16.3 Å². The second-order valence-electron chi connectivity index (χ2n) is 6.61. The summed E-state index contributed by atoms with van der Waals surface area (Å²) in [7, 11) is -3.06. The minimum Gasteiger partial charge on any atom is -0.337 e. The molecule has 1 aromatic rings. The molecule has 0 aliphatic heterocycles. The summed E-state index contributed by atoms with van der Waals surface area (Å²) in [5.41, 5.74) is 2.59. The fraction of sp³-hybridized carbons (Fsp3) is 0.588. The molecule has 2 aliphatic carbocycles. The van der Waals surface area contributed by atoms with E-state index in [1.54, 1.807) is 0 Å². The number of benzene rings is 1. The van der Waals surface area contributed by atoms with E-state index in [1.165, 1.54) is 17.4 Å². The lowest BCUT2D eigenvalue weighted by Gasteiger charge is -2.36. The van der Waals surface area contributed by atoms with Gasteiger partial charge in [0.1, 0.15) is 9.84 Å². The monoisotopic (exact) mass is 336 g/mol. The summed E-state index contributed by atoms with van der Waals surface area (Å²) < 4.78 is 22.5. The summed E-state index contributed by atoms with van der Waals surface area (Å²) in [5.74, 6) is -0.0154. The Bertz CT molecular complexity index is 683. The van der Waals surface area contributed by atoms with Crippen LogP contribution in [0, 0.1) is 0 Å². The number of rotatable bonds is 5. The molecule has 0 radical (unpaired) electrons. The highest BCUT2D eigenvalue weighted by molar-refractivity contribution is 7.90. The number of nitrogens with one attached hydrogen (secondary N) is 1. The molecular formula is C17H24N2O3S. The number of fused-ring (bicyclic) bond motifs is 1. The Morgan fingerprint density at radius 2 is 2.00 bits per heavy atom. The van der Waals surface area contributed by atoms with Gasteiger partial charge >= 0.3 is 6.03 Å². The van der Waals surface area contributed by atoms with E-state index in [9.17, 15) is 13.2 Å². The Labute approximate surface area is 138 Å². The third-order valence-electron chi connectivity index (χ3n) is 4.60. The zero-order valence-electron chi connectivity index (χ0n) is 13.5. The van der Waals surface area contributed by atoms with E-state index >= 15 is 0 Å². The summed E-state index contributed by atoms with van der Waals surface area (Å²) in [6.07, 6.45) is 6.40. The Hall–Kier alpha value is -1.56. The van der Waals surface area contributed by atoms with Gasteiger partial charge in [-0.05, 0) is 43.2 Å². The number of sulfone groups is 1. The van der Waals surface area contributed by atoms with Crippen molar-refractivity contribution >= 4 is 15.9 Å². The second-order valence-corrected chi connectivity index (χ2v) is 8.87. The van der Waals surface area contributed by atoms with Crippen LogP contribution in [0.15, 0.2) is 24.3 Å². The van der Waals surface area contributed by atoms with Gasteiger partial charge in [0.05, 0.1) is 11.8 Å². The minimum absolute atomic E-state index is 0.0154. The molecule has 2 aliphatic rings. The van der Waals surface area contributed by atoms with Gasteiger partial charge in [-0.15, -0.1) is 0 Å². The van der Waals surface area contributed by atoms with Crippen molar-refractivity contribution in [1.29, 1.82) is 0 Å². The van der Waals surface area contributed by atoms with Crippen LogP contribution < -0.4 is 5.32 Å². The van der Waals surface area contributed by atoms with E-state index < -0.39 is 9.84 Å². The molecule has 1 aromatic carbocycles. The Morgan fingerprint density at radius 1 is 1.26 bits per heavy atom. The van der Waals surface area contributed by atoms with E-state index in [0.29, 0.717) is 6.04 Å². The first-order valence-electron chi connectivity index (χ1n) is 8.27. The van der Waals surface area contributed by atoms with Crippen molar-refractivity contribution in [2.45, 2.75) is 44.2 Å². The van der Waals surface area contributed by atoms with Gasteiger partial charge < -0.3 is 10.2 Å². The van der Waals surface area contributed by atoms with Gasteiger partial charge in [0, 0.05) is 18.8 Å². The topological polar surface area (TPSA) is 66.5 Å². The van der Waals surface area contributed by atoms with E-state index in [1.807, 2.05) is 11.0 Å². The molecule has 1 fully saturated rings. The third kappa shape index (κ3) is 4.05. The Kier molecular flexibility index (Phi) is 4.62. The van der Waals surface area contributed by atoms with Crippen LogP contribution in [0.25, 0.3) is 0 Å². The number of amides is 2. The first-order chi connectivity index (χ1) is 11.0. The largest absolute Gasteiger partial charge is 0.337 e. The fourth-order valence-corrected chi connectivity index (χ4v) is 3.84. The number of carbonyl (C=O) groups is 1. The van der Waals surface area contributed by atoms with Crippen molar-refractivity contribution in [1.82, 2.24) is 10.2 Å². The number of urea groups is 1. The summed E-state index contributed by atoms with van der Waals surface area (Å²) >= 11 is 0. The van der Waals surface area contributed by atoms with Crippen molar-refractivity contribution in [3.05, 3.63) is 35.4 Å². The van der Waals surface area contributed by atoms with Crippen molar-refractivity contribution in [3.63, 3.8) is 0 Å². The van der Waals surface area contributed by atoms with Crippen LogP contribution in [0.3, 0.4) is 0 Å². The van der Waals surface area contributed by atoms with E-state index in [0.717, 1.165) is 32.1 Å². The predicted octanol–water partition coefficient (Wildman–Crippen LogP) is 2.28. The molecule has 1 N–H and O–H groups in total. The smallest absolute Gasteiger partial charge is 0.318 e. The Balaban J connectivity index is 1.74. The molecule has 0 heterocycles. The van der Waals surface area contributed by atoms with Crippen molar-refractivity contribution in [2.24, 2.45) is 0 Å². The second kappa shape index (κ2) is 6.51. The average molecular weight is 336 g/mol. The normalized spacial score (nSPS) is 20.7. The summed E-state index contributed by atoms with van der Waals surface area (Å²) in [5, 5.41) is 2.80. The van der Waals surface area contributed by atoms with Gasteiger partial charge in [0.2, 0.25) is 0 Å². The van der Waals surface area contributed by atoms with Crippen LogP contribution in [0.5, 0.6) is 0 Å². The molecule has 0 aromatic heterocycles. The maximum absolute atomic E-state index is 12.6. The molecule has 0 spiro atoms. The standard InChI is InChI=1S/C17H24N2O3S/c1-23(21,22)12-11-18-17(20)19(14-9-10-14)16-8-4-6-13-5-2-3-7-15(13)16/h2-3,5,7,14,16H,4,6,8-12H2,1H3,(H,18,20)/t16-/m1/s1. The van der Waals surface area contributed by atoms with E-state index in [2.05, 4.69) is 23.5 Å². The highest BCUT2D eigenvalue weighted by atomic mass is 32.2. The molecule has 6 heteroatoms. The predicted molar refractivity (Wildman–Crippen MR) is 90.1 cm³/mol. The highest BCUT2D eigenvalue weighted by Crippen LogP contribution is 2.40. The molecule has 5 nitrogen and oxygen atoms in total. The molecule has 3 rings (SSSR count). The molecule has 126 valence electrons. The zero-order chi connectivity index (χ0) is 16.4. The van der Waals surface area contributed by atoms with Gasteiger partial charge in [-0.25, -0.2) is 13.2 Å².